The van der Waals surface area contributed by atoms with Crippen LogP contribution in [0.25, 0.3) is 0 Å². The van der Waals surface area contributed by atoms with Crippen LogP contribution in [0.1, 0.15) is 16.1 Å². The van der Waals surface area contributed by atoms with Gasteiger partial charge in [0.2, 0.25) is 11.5 Å². The summed E-state index contributed by atoms with van der Waals surface area (Å²) in [4.78, 5) is 11.6. The molecule has 17 heavy (non-hydrogen) atoms. The Balaban J connectivity index is 2.10. The van der Waals surface area contributed by atoms with Crippen LogP contribution >= 0.6 is 0 Å². The van der Waals surface area contributed by atoms with Crippen molar-refractivity contribution in [2.45, 2.75) is 6.61 Å². The van der Waals surface area contributed by atoms with Gasteiger partial charge in [0, 0.05) is 5.69 Å². The number of nitrogen functional groups attached to an aromatic ring is 1. The molecule has 4 N–H and O–H groups in total. The van der Waals surface area contributed by atoms with Gasteiger partial charge in [-0.2, -0.15) is 0 Å². The second-order valence-electron chi connectivity index (χ2n) is 3.31. The molecule has 0 fully saturated rings. The van der Waals surface area contributed by atoms with Crippen LogP contribution in [0.3, 0.4) is 0 Å². The molecule has 0 saturated heterocycles. The van der Waals surface area contributed by atoms with Crippen LogP contribution in [0.5, 0.6) is 0 Å². The van der Waals surface area contributed by atoms with Crippen LogP contribution < -0.4 is 11.1 Å². The number of aliphatic hydroxyl groups is 1. The van der Waals surface area contributed by atoms with E-state index in [0.29, 0.717) is 5.69 Å². The van der Waals surface area contributed by atoms with E-state index in [1.54, 1.807) is 24.3 Å². The van der Waals surface area contributed by atoms with Crippen molar-refractivity contribution in [3.8, 4) is 0 Å². The standard InChI is InChI=1S/C10H10N4O3/c11-9-8(13-17-14-9)10(16)12-7-3-1-6(5-15)2-4-7/h1-4,15H,5H2,(H2,11,14)(H,12,16). The first-order chi connectivity index (χ1) is 8.20. The molecule has 88 valence electrons. The molecule has 0 spiro atoms. The van der Waals surface area contributed by atoms with Gasteiger partial charge in [0.1, 0.15) is 0 Å². The third-order valence-electron chi connectivity index (χ3n) is 2.12. The molecular weight excluding hydrogens is 224 g/mol. The highest BCUT2D eigenvalue weighted by atomic mass is 16.6. The third kappa shape index (κ3) is 2.40. The maximum Gasteiger partial charge on any atom is 0.281 e. The van der Waals surface area contributed by atoms with Gasteiger partial charge < -0.3 is 16.2 Å². The van der Waals surface area contributed by atoms with Crippen molar-refractivity contribution in [3.05, 3.63) is 35.5 Å². The monoisotopic (exact) mass is 234 g/mol. The van der Waals surface area contributed by atoms with Gasteiger partial charge in [-0.05, 0) is 28.0 Å². The number of hydrogen-bond acceptors (Lipinski definition) is 6. The van der Waals surface area contributed by atoms with Crippen molar-refractivity contribution in [1.82, 2.24) is 10.3 Å². The Morgan fingerprint density at radius 3 is 2.59 bits per heavy atom. The molecule has 2 aromatic rings. The Bertz CT molecular complexity index is 521. The maximum absolute atomic E-state index is 11.6. The quantitative estimate of drug-likeness (QED) is 0.708. The van der Waals surface area contributed by atoms with Gasteiger partial charge in [0.15, 0.2) is 0 Å². The molecule has 0 saturated carbocycles. The molecule has 1 aromatic carbocycles. The molecule has 0 atom stereocenters. The average molecular weight is 234 g/mol. The summed E-state index contributed by atoms with van der Waals surface area (Å²) in [7, 11) is 0. The zero-order valence-electron chi connectivity index (χ0n) is 8.75. The minimum Gasteiger partial charge on any atom is -0.392 e. The van der Waals surface area contributed by atoms with Crippen LogP contribution in [-0.2, 0) is 6.61 Å². The average Bonchev–Trinajstić information content (AvgIpc) is 2.76. The molecule has 0 aliphatic heterocycles. The van der Waals surface area contributed by atoms with Crippen molar-refractivity contribution in [2.75, 3.05) is 11.1 Å². The van der Waals surface area contributed by atoms with Crippen LogP contribution in [0.2, 0.25) is 0 Å². The number of aliphatic hydroxyl groups excluding tert-OH is 1. The lowest BCUT2D eigenvalue weighted by Crippen LogP contribution is -2.14. The van der Waals surface area contributed by atoms with E-state index in [1.807, 2.05) is 0 Å². The molecule has 0 aliphatic rings. The highest BCUT2D eigenvalue weighted by Gasteiger charge is 2.15. The van der Waals surface area contributed by atoms with Gasteiger partial charge >= 0.3 is 0 Å². The number of nitrogens with one attached hydrogen (secondary N) is 1. The first-order valence-corrected chi connectivity index (χ1v) is 4.80. The molecule has 0 radical (unpaired) electrons. The van der Waals surface area contributed by atoms with E-state index in [2.05, 4.69) is 20.3 Å². The molecule has 0 unspecified atom stereocenters. The molecule has 1 aromatic heterocycles. The molecule has 2 rings (SSSR count). The van der Waals surface area contributed by atoms with E-state index in [1.165, 1.54) is 0 Å². The zero-order chi connectivity index (χ0) is 12.3. The van der Waals surface area contributed by atoms with Gasteiger partial charge in [-0.3, -0.25) is 4.79 Å². The van der Waals surface area contributed by atoms with Crippen molar-refractivity contribution >= 4 is 17.4 Å². The zero-order valence-corrected chi connectivity index (χ0v) is 8.75. The van der Waals surface area contributed by atoms with E-state index >= 15 is 0 Å². The number of aromatic nitrogens is 2. The van der Waals surface area contributed by atoms with Crippen LogP contribution in [0.4, 0.5) is 11.5 Å². The summed E-state index contributed by atoms with van der Waals surface area (Å²) in [6.45, 7) is -0.0472. The lowest BCUT2D eigenvalue weighted by molar-refractivity contribution is 0.101. The Morgan fingerprint density at radius 1 is 1.35 bits per heavy atom. The summed E-state index contributed by atoms with van der Waals surface area (Å²) >= 11 is 0. The number of nitrogens with zero attached hydrogens (tertiary/aromatic N) is 2. The van der Waals surface area contributed by atoms with Crippen molar-refractivity contribution < 1.29 is 14.5 Å². The number of benzene rings is 1. The summed E-state index contributed by atoms with van der Waals surface area (Å²) in [5, 5.41) is 18.1. The van der Waals surface area contributed by atoms with Crippen LogP contribution in [0, 0.1) is 0 Å². The van der Waals surface area contributed by atoms with E-state index in [0.717, 1.165) is 5.56 Å². The molecule has 0 aliphatic carbocycles. The minimum absolute atomic E-state index is 0.0472. The summed E-state index contributed by atoms with van der Waals surface area (Å²) in [6, 6.07) is 6.71. The largest absolute Gasteiger partial charge is 0.392 e. The lowest BCUT2D eigenvalue weighted by atomic mass is 10.2. The SMILES string of the molecule is Nc1nonc1C(=O)Nc1ccc(CO)cc1. The fourth-order valence-corrected chi connectivity index (χ4v) is 1.24. The number of carbonyl (C=O) groups excluding carboxylic acids is 1. The van der Waals surface area contributed by atoms with Crippen molar-refractivity contribution in [1.29, 1.82) is 0 Å². The van der Waals surface area contributed by atoms with Gasteiger partial charge in [-0.1, -0.05) is 12.1 Å². The topological polar surface area (TPSA) is 114 Å². The fourth-order valence-electron chi connectivity index (χ4n) is 1.24. The Morgan fingerprint density at radius 2 is 2.06 bits per heavy atom. The van der Waals surface area contributed by atoms with Gasteiger partial charge in [0.05, 0.1) is 6.61 Å². The van der Waals surface area contributed by atoms with Crippen LogP contribution in [-0.4, -0.2) is 21.3 Å². The molecule has 1 heterocycles. The predicted molar refractivity (Wildman–Crippen MR) is 59.0 cm³/mol. The minimum atomic E-state index is -0.500. The van der Waals surface area contributed by atoms with E-state index in [4.69, 9.17) is 10.8 Å². The number of carbonyl (C=O) groups is 1. The number of rotatable bonds is 3. The smallest absolute Gasteiger partial charge is 0.281 e. The second kappa shape index (κ2) is 4.62. The summed E-state index contributed by atoms with van der Waals surface area (Å²) in [6.07, 6.45) is 0. The van der Waals surface area contributed by atoms with Crippen molar-refractivity contribution in [2.24, 2.45) is 0 Å². The van der Waals surface area contributed by atoms with E-state index < -0.39 is 5.91 Å². The van der Waals surface area contributed by atoms with Gasteiger partial charge in [-0.25, -0.2) is 4.63 Å². The molecular formula is C10H10N4O3. The number of hydrogen-bond donors (Lipinski definition) is 3. The highest BCUT2D eigenvalue weighted by molar-refractivity contribution is 6.05. The summed E-state index contributed by atoms with van der Waals surface area (Å²) in [5.74, 6) is -0.560. The van der Waals surface area contributed by atoms with Gasteiger partial charge in [0.25, 0.3) is 5.91 Å². The second-order valence-corrected chi connectivity index (χ2v) is 3.31. The molecule has 7 nitrogen and oxygen atoms in total. The lowest BCUT2D eigenvalue weighted by Gasteiger charge is -2.03. The van der Waals surface area contributed by atoms with Crippen molar-refractivity contribution in [3.63, 3.8) is 0 Å². The first kappa shape index (κ1) is 11.1. The van der Waals surface area contributed by atoms with E-state index in [-0.39, 0.29) is 18.1 Å². The first-order valence-electron chi connectivity index (χ1n) is 4.80. The Kier molecular flexibility index (Phi) is 3.01. The number of anilines is 2. The number of amides is 1. The molecule has 0 bridgehead atoms. The predicted octanol–water partition coefficient (Wildman–Crippen LogP) is 0.396. The van der Waals surface area contributed by atoms with Crippen LogP contribution in [0.15, 0.2) is 28.9 Å². The molecule has 7 heteroatoms. The molecule has 1 amide bonds. The third-order valence-corrected chi connectivity index (χ3v) is 2.12. The number of nitrogens with two attached hydrogens (primary N) is 1. The normalized spacial score (nSPS) is 10.2. The Labute approximate surface area is 96.2 Å². The van der Waals surface area contributed by atoms with E-state index in [9.17, 15) is 4.79 Å². The van der Waals surface area contributed by atoms with Gasteiger partial charge in [-0.15, -0.1) is 0 Å². The summed E-state index contributed by atoms with van der Waals surface area (Å²) < 4.78 is 4.32. The summed E-state index contributed by atoms with van der Waals surface area (Å²) in [5.41, 5.74) is 6.64. The fraction of sp³-hybridized carbons (Fsp3) is 0.100. The Hall–Kier alpha value is -2.41. The maximum atomic E-state index is 11.6. The highest BCUT2D eigenvalue weighted by Crippen LogP contribution is 2.12.